The van der Waals surface area contributed by atoms with Gasteiger partial charge < -0.3 is 5.32 Å². The molecule has 2 aromatic heterocycles. The fourth-order valence-corrected chi connectivity index (χ4v) is 3.08. The van der Waals surface area contributed by atoms with Crippen LogP contribution in [0.2, 0.25) is 0 Å². The minimum absolute atomic E-state index is 0.0219. The Bertz CT molecular complexity index is 716. The van der Waals surface area contributed by atoms with E-state index in [9.17, 15) is 4.79 Å². The molecule has 0 spiro atoms. The molecular formula is C15H21N5OS2. The summed E-state index contributed by atoms with van der Waals surface area (Å²) in [5.41, 5.74) is 0.859. The van der Waals surface area contributed by atoms with Crippen molar-refractivity contribution >= 4 is 34.6 Å². The summed E-state index contributed by atoms with van der Waals surface area (Å²) in [5, 5.41) is 12.4. The minimum Gasteiger partial charge on any atom is -0.302 e. The molecule has 0 fully saturated rings. The fourth-order valence-electron chi connectivity index (χ4n) is 2.13. The van der Waals surface area contributed by atoms with E-state index in [1.165, 1.54) is 11.3 Å². The summed E-state index contributed by atoms with van der Waals surface area (Å²) in [6, 6.07) is 0. The molecule has 2 heterocycles. The number of aromatic nitrogens is 4. The van der Waals surface area contributed by atoms with Gasteiger partial charge >= 0.3 is 0 Å². The van der Waals surface area contributed by atoms with Crippen molar-refractivity contribution in [2.75, 3.05) is 5.32 Å². The van der Waals surface area contributed by atoms with E-state index < -0.39 is 0 Å². The van der Waals surface area contributed by atoms with Crippen molar-refractivity contribution in [3.63, 3.8) is 0 Å². The molecule has 2 N–H and O–H groups in total. The number of aromatic amines is 1. The SMILES string of the molecule is C=CCn1c(Cc2csc(NC(=O)CCCCC)n2)n[nH]c1=S. The van der Waals surface area contributed by atoms with Crippen LogP contribution in [0.1, 0.15) is 44.1 Å². The van der Waals surface area contributed by atoms with E-state index in [4.69, 9.17) is 12.2 Å². The molecular weight excluding hydrogens is 330 g/mol. The Labute approximate surface area is 144 Å². The largest absolute Gasteiger partial charge is 0.302 e. The van der Waals surface area contributed by atoms with E-state index in [0.29, 0.717) is 29.3 Å². The number of rotatable bonds is 9. The van der Waals surface area contributed by atoms with Crippen LogP contribution in [0.15, 0.2) is 18.0 Å². The number of hydrogen-bond donors (Lipinski definition) is 2. The van der Waals surface area contributed by atoms with Crippen molar-refractivity contribution in [1.82, 2.24) is 19.7 Å². The van der Waals surface area contributed by atoms with E-state index in [1.807, 2.05) is 9.95 Å². The predicted molar refractivity (Wildman–Crippen MR) is 95.3 cm³/mol. The van der Waals surface area contributed by atoms with Crippen molar-refractivity contribution in [2.24, 2.45) is 0 Å². The average Bonchev–Trinajstić information content (AvgIpc) is 3.09. The first-order chi connectivity index (χ1) is 11.1. The number of anilines is 1. The van der Waals surface area contributed by atoms with Crippen LogP contribution >= 0.6 is 23.6 Å². The van der Waals surface area contributed by atoms with Gasteiger partial charge in [-0.15, -0.1) is 17.9 Å². The number of hydrogen-bond acceptors (Lipinski definition) is 5. The highest BCUT2D eigenvalue weighted by Gasteiger charge is 2.10. The molecule has 0 aliphatic rings. The summed E-state index contributed by atoms with van der Waals surface area (Å²) in [6.45, 7) is 6.45. The zero-order valence-corrected chi connectivity index (χ0v) is 14.8. The molecule has 0 aliphatic heterocycles. The van der Waals surface area contributed by atoms with Gasteiger partial charge in [-0.3, -0.25) is 14.5 Å². The maximum absolute atomic E-state index is 11.8. The van der Waals surface area contributed by atoms with Crippen molar-refractivity contribution in [3.8, 4) is 0 Å². The zero-order valence-electron chi connectivity index (χ0n) is 13.2. The molecule has 0 atom stereocenters. The van der Waals surface area contributed by atoms with Crippen LogP contribution in [0.5, 0.6) is 0 Å². The van der Waals surface area contributed by atoms with E-state index in [0.717, 1.165) is 30.8 Å². The Kier molecular flexibility index (Phi) is 6.66. The van der Waals surface area contributed by atoms with E-state index >= 15 is 0 Å². The first kappa shape index (κ1) is 17.6. The van der Waals surface area contributed by atoms with E-state index in [-0.39, 0.29) is 5.91 Å². The van der Waals surface area contributed by atoms with Crippen LogP contribution in [0.25, 0.3) is 0 Å². The van der Waals surface area contributed by atoms with Gasteiger partial charge in [0.05, 0.1) is 12.1 Å². The number of nitrogens with zero attached hydrogens (tertiary/aromatic N) is 3. The van der Waals surface area contributed by atoms with E-state index in [2.05, 4.69) is 34.0 Å². The lowest BCUT2D eigenvalue weighted by Crippen LogP contribution is -2.11. The second-order valence-corrected chi connectivity index (χ2v) is 6.42. The summed E-state index contributed by atoms with van der Waals surface area (Å²) in [5.74, 6) is 0.828. The molecule has 2 rings (SSSR count). The molecule has 0 bridgehead atoms. The van der Waals surface area contributed by atoms with Crippen molar-refractivity contribution in [3.05, 3.63) is 34.3 Å². The number of unbranched alkanes of at least 4 members (excludes halogenated alkanes) is 2. The first-order valence-corrected chi connectivity index (χ1v) is 8.92. The summed E-state index contributed by atoms with van der Waals surface area (Å²) in [7, 11) is 0. The number of amides is 1. The summed E-state index contributed by atoms with van der Waals surface area (Å²) >= 11 is 6.62. The Morgan fingerprint density at radius 3 is 3.13 bits per heavy atom. The van der Waals surface area contributed by atoms with Crippen molar-refractivity contribution < 1.29 is 4.79 Å². The second-order valence-electron chi connectivity index (χ2n) is 5.17. The van der Waals surface area contributed by atoms with Crippen LogP contribution < -0.4 is 5.32 Å². The standard InChI is InChI=1S/C15H21N5OS2/c1-3-5-6-7-13(21)17-14-16-11(10-23-14)9-12-18-19-15(22)20(12)8-4-2/h4,10H,2-3,5-9H2,1H3,(H,19,22)(H,16,17,21). The highest BCUT2D eigenvalue weighted by atomic mass is 32.1. The number of H-pyrrole nitrogens is 1. The first-order valence-electron chi connectivity index (χ1n) is 7.63. The van der Waals surface area contributed by atoms with Crippen molar-refractivity contribution in [1.29, 1.82) is 0 Å². The molecule has 8 heteroatoms. The number of carbonyl (C=O) groups is 1. The van der Waals surface area contributed by atoms with Gasteiger partial charge in [0.15, 0.2) is 9.90 Å². The number of allylic oxidation sites excluding steroid dienone is 1. The highest BCUT2D eigenvalue weighted by Crippen LogP contribution is 2.18. The number of carbonyl (C=O) groups excluding carboxylic acids is 1. The molecule has 6 nitrogen and oxygen atoms in total. The van der Waals surface area contributed by atoms with Crippen molar-refractivity contribution in [2.45, 2.75) is 45.6 Å². The van der Waals surface area contributed by atoms with Gasteiger partial charge in [0.25, 0.3) is 0 Å². The van der Waals surface area contributed by atoms with Gasteiger partial charge in [-0.2, -0.15) is 5.10 Å². The van der Waals surface area contributed by atoms with E-state index in [1.54, 1.807) is 6.08 Å². The lowest BCUT2D eigenvalue weighted by molar-refractivity contribution is -0.116. The Hall–Kier alpha value is -1.80. The van der Waals surface area contributed by atoms with Gasteiger partial charge in [-0.05, 0) is 18.6 Å². The van der Waals surface area contributed by atoms with Crippen LogP contribution in [-0.2, 0) is 17.8 Å². The van der Waals surface area contributed by atoms with Gasteiger partial charge in [0.2, 0.25) is 5.91 Å². The molecule has 0 unspecified atom stereocenters. The lowest BCUT2D eigenvalue weighted by atomic mass is 10.2. The maximum Gasteiger partial charge on any atom is 0.226 e. The maximum atomic E-state index is 11.8. The number of thiazole rings is 1. The van der Waals surface area contributed by atoms with Gasteiger partial charge in [0.1, 0.15) is 5.82 Å². The second kappa shape index (κ2) is 8.73. The average molecular weight is 352 g/mol. The molecule has 0 saturated carbocycles. The molecule has 0 aliphatic carbocycles. The third kappa shape index (κ3) is 5.11. The normalized spacial score (nSPS) is 10.7. The van der Waals surface area contributed by atoms with Crippen LogP contribution in [0.3, 0.4) is 0 Å². The summed E-state index contributed by atoms with van der Waals surface area (Å²) < 4.78 is 2.45. The highest BCUT2D eigenvalue weighted by molar-refractivity contribution is 7.71. The topological polar surface area (TPSA) is 75.6 Å². The lowest BCUT2D eigenvalue weighted by Gasteiger charge is -2.02. The zero-order chi connectivity index (χ0) is 16.7. The smallest absolute Gasteiger partial charge is 0.226 e. The molecule has 23 heavy (non-hydrogen) atoms. The third-order valence-electron chi connectivity index (χ3n) is 3.29. The van der Waals surface area contributed by atoms with Crippen LogP contribution in [-0.4, -0.2) is 25.7 Å². The summed E-state index contributed by atoms with van der Waals surface area (Å²) in [6.07, 6.45) is 5.97. The molecule has 0 saturated heterocycles. The Morgan fingerprint density at radius 1 is 1.57 bits per heavy atom. The van der Waals surface area contributed by atoms with Gasteiger partial charge in [0, 0.05) is 18.3 Å². The molecule has 0 radical (unpaired) electrons. The monoisotopic (exact) mass is 351 g/mol. The molecule has 0 aromatic carbocycles. The predicted octanol–water partition coefficient (Wildman–Crippen LogP) is 3.69. The summed E-state index contributed by atoms with van der Waals surface area (Å²) in [4.78, 5) is 16.3. The fraction of sp³-hybridized carbons (Fsp3) is 0.467. The molecule has 1 amide bonds. The van der Waals surface area contributed by atoms with Crippen LogP contribution in [0.4, 0.5) is 5.13 Å². The van der Waals surface area contributed by atoms with Gasteiger partial charge in [-0.1, -0.05) is 25.8 Å². The quantitative estimate of drug-likeness (QED) is 0.410. The molecule has 124 valence electrons. The third-order valence-corrected chi connectivity index (χ3v) is 4.41. The van der Waals surface area contributed by atoms with Crippen LogP contribution in [0, 0.1) is 4.77 Å². The Balaban J connectivity index is 1.96. The molecule has 2 aromatic rings. The number of nitrogens with one attached hydrogen (secondary N) is 2. The minimum atomic E-state index is 0.0219. The Morgan fingerprint density at radius 2 is 2.39 bits per heavy atom. The van der Waals surface area contributed by atoms with Gasteiger partial charge in [-0.25, -0.2) is 4.98 Å².